The second-order valence-electron chi connectivity index (χ2n) is 9.56. The molecule has 2 aliphatic heterocycles. The molecule has 2 bridgehead atoms. The third-order valence-electron chi connectivity index (χ3n) is 7.28. The first-order chi connectivity index (χ1) is 13.7. The number of amides is 1. The van der Waals surface area contributed by atoms with E-state index in [-0.39, 0.29) is 0 Å². The number of benzene rings is 1. The summed E-state index contributed by atoms with van der Waals surface area (Å²) in [5.74, 6) is 1.95. The summed E-state index contributed by atoms with van der Waals surface area (Å²) in [7, 11) is 0. The number of piperidine rings is 2. The summed E-state index contributed by atoms with van der Waals surface area (Å²) in [6.07, 6.45) is 1.66. The van der Waals surface area contributed by atoms with Crippen molar-refractivity contribution in [1.29, 1.82) is 0 Å². The van der Waals surface area contributed by atoms with Gasteiger partial charge in [0, 0.05) is 31.1 Å². The van der Waals surface area contributed by atoms with Gasteiger partial charge < -0.3 is 10.2 Å². The minimum Gasteiger partial charge on any atom is -0.336 e. The maximum atomic E-state index is 12.8. The first-order valence-corrected chi connectivity index (χ1v) is 10.9. The molecule has 3 aliphatic rings. The average Bonchev–Trinajstić information content (AvgIpc) is 2.82. The molecule has 0 aromatic heterocycles. The number of fused-ring (bicyclic) bond motifs is 1. The lowest BCUT2D eigenvalue weighted by Crippen LogP contribution is -2.58. The van der Waals surface area contributed by atoms with Crippen LogP contribution in [0.4, 0.5) is 13.2 Å². The van der Waals surface area contributed by atoms with Crippen LogP contribution in [0.2, 0.25) is 0 Å². The van der Waals surface area contributed by atoms with Crippen LogP contribution in [0.3, 0.4) is 0 Å². The zero-order valence-corrected chi connectivity index (χ0v) is 17.2. The minimum absolute atomic E-state index is 0.333. The number of hydrogen-bond acceptors (Lipinski definition) is 2. The lowest BCUT2D eigenvalue weighted by molar-refractivity contribution is -0.148. The predicted molar refractivity (Wildman–Crippen MR) is 106 cm³/mol. The van der Waals surface area contributed by atoms with Crippen molar-refractivity contribution in [1.82, 2.24) is 10.2 Å². The van der Waals surface area contributed by atoms with Gasteiger partial charge in [-0.2, -0.15) is 13.2 Å². The molecule has 29 heavy (non-hydrogen) atoms. The number of alkyl halides is 3. The Morgan fingerprint density at radius 1 is 1.10 bits per heavy atom. The van der Waals surface area contributed by atoms with Crippen molar-refractivity contribution in [2.24, 2.45) is 17.8 Å². The topological polar surface area (TPSA) is 32.3 Å². The van der Waals surface area contributed by atoms with Crippen molar-refractivity contribution in [2.45, 2.75) is 83.2 Å². The number of nitrogens with zero attached hydrogens (tertiary/aromatic N) is 1. The monoisotopic (exact) mass is 408 g/mol. The van der Waals surface area contributed by atoms with Crippen molar-refractivity contribution in [3.63, 3.8) is 0 Å². The normalized spacial score (nSPS) is 32.4. The first kappa shape index (κ1) is 20.7. The number of hydrogen-bond donors (Lipinski definition) is 1. The Morgan fingerprint density at radius 3 is 2.48 bits per heavy atom. The first-order valence-electron chi connectivity index (χ1n) is 10.9. The highest BCUT2D eigenvalue weighted by Crippen LogP contribution is 2.45. The molecule has 3 fully saturated rings. The molecular formula is C23H31F3N2O. The Kier molecular flexibility index (Phi) is 5.66. The van der Waals surface area contributed by atoms with Gasteiger partial charge in [0.05, 0.1) is 5.56 Å². The van der Waals surface area contributed by atoms with Crippen molar-refractivity contribution in [2.75, 3.05) is 0 Å². The number of nitrogens with one attached hydrogen (secondary N) is 1. The Bertz CT molecular complexity index is 731. The lowest BCUT2D eigenvalue weighted by Gasteiger charge is -2.51. The van der Waals surface area contributed by atoms with Crippen LogP contribution in [0.25, 0.3) is 0 Å². The molecule has 1 aromatic carbocycles. The van der Waals surface area contributed by atoms with Crippen LogP contribution in [0.1, 0.15) is 63.5 Å². The van der Waals surface area contributed by atoms with E-state index in [1.54, 1.807) is 12.1 Å². The highest BCUT2D eigenvalue weighted by atomic mass is 19.4. The summed E-state index contributed by atoms with van der Waals surface area (Å²) in [4.78, 5) is 14.9. The molecule has 1 saturated carbocycles. The Hall–Kier alpha value is -1.56. The zero-order valence-electron chi connectivity index (χ0n) is 17.2. The van der Waals surface area contributed by atoms with Crippen molar-refractivity contribution in [3.8, 4) is 0 Å². The van der Waals surface area contributed by atoms with E-state index in [1.807, 2.05) is 0 Å². The number of carbonyl (C=O) groups is 1. The molecule has 5 atom stereocenters. The molecule has 0 spiro atoms. The van der Waals surface area contributed by atoms with Gasteiger partial charge in [-0.25, -0.2) is 0 Å². The van der Waals surface area contributed by atoms with Crippen LogP contribution in [-0.4, -0.2) is 28.9 Å². The van der Waals surface area contributed by atoms with E-state index in [9.17, 15) is 18.0 Å². The standard InChI is InChI=1S/C23H31F3N2O/c1-14(2)20-10-16-9-19(12-17-5-8-22(29)28(20)21(17)11-16)27-13-15-3-6-18(7-4-15)23(24,25)26/h3-4,6-7,14,16-17,19-21,27H,5,8-13H2,1-2H3/t16?,17-,19+,20-,21?/m1/s1. The summed E-state index contributed by atoms with van der Waals surface area (Å²) < 4.78 is 38.3. The fraction of sp³-hybridized carbons (Fsp3) is 0.696. The highest BCUT2D eigenvalue weighted by Gasteiger charge is 2.47. The highest BCUT2D eigenvalue weighted by molar-refractivity contribution is 5.78. The molecule has 2 saturated heterocycles. The molecule has 160 valence electrons. The molecule has 6 heteroatoms. The second-order valence-corrected chi connectivity index (χ2v) is 9.56. The van der Waals surface area contributed by atoms with Gasteiger partial charge in [0.25, 0.3) is 0 Å². The van der Waals surface area contributed by atoms with E-state index in [4.69, 9.17) is 0 Å². The SMILES string of the molecule is CC(C)[C@H]1CC2CC3[C@H](CCC(=O)N31)C[C@@H](NCc1ccc(C(F)(F)F)cc1)C2. The molecular weight excluding hydrogens is 377 g/mol. The van der Waals surface area contributed by atoms with E-state index < -0.39 is 11.7 Å². The largest absolute Gasteiger partial charge is 0.416 e. The molecule has 1 N–H and O–H groups in total. The van der Waals surface area contributed by atoms with Gasteiger partial charge in [0.1, 0.15) is 0 Å². The van der Waals surface area contributed by atoms with Gasteiger partial charge in [-0.05, 0) is 67.6 Å². The summed E-state index contributed by atoms with van der Waals surface area (Å²) in [6.45, 7) is 5.03. The molecule has 4 rings (SSSR count). The summed E-state index contributed by atoms with van der Waals surface area (Å²) in [5, 5.41) is 3.62. The minimum atomic E-state index is -4.29. The van der Waals surface area contributed by atoms with Crippen molar-refractivity contribution >= 4 is 5.91 Å². The zero-order chi connectivity index (χ0) is 20.8. The van der Waals surface area contributed by atoms with Crippen LogP contribution in [0.15, 0.2) is 24.3 Å². The molecule has 1 aromatic rings. The van der Waals surface area contributed by atoms with Crippen molar-refractivity contribution < 1.29 is 18.0 Å². The maximum Gasteiger partial charge on any atom is 0.416 e. The summed E-state index contributed by atoms with van der Waals surface area (Å²) in [5.41, 5.74) is 0.280. The average molecular weight is 409 g/mol. The van der Waals surface area contributed by atoms with Crippen LogP contribution in [-0.2, 0) is 17.5 Å². The van der Waals surface area contributed by atoms with Crippen LogP contribution in [0.5, 0.6) is 0 Å². The van der Waals surface area contributed by atoms with Gasteiger partial charge in [-0.3, -0.25) is 4.79 Å². The summed E-state index contributed by atoms with van der Waals surface area (Å²) >= 11 is 0. The van der Waals surface area contributed by atoms with Crippen molar-refractivity contribution in [3.05, 3.63) is 35.4 Å². The molecule has 1 aliphatic carbocycles. The van der Waals surface area contributed by atoms with Gasteiger partial charge in [-0.15, -0.1) is 0 Å². The molecule has 3 nitrogen and oxygen atoms in total. The third-order valence-corrected chi connectivity index (χ3v) is 7.28. The van der Waals surface area contributed by atoms with Crippen LogP contribution < -0.4 is 5.32 Å². The van der Waals surface area contributed by atoms with E-state index in [0.717, 1.165) is 49.8 Å². The number of halogens is 3. The third kappa shape index (κ3) is 4.32. The lowest BCUT2D eigenvalue weighted by atomic mass is 9.75. The van der Waals surface area contributed by atoms with E-state index >= 15 is 0 Å². The van der Waals surface area contributed by atoms with E-state index in [1.165, 1.54) is 0 Å². The number of rotatable bonds is 4. The van der Waals surface area contributed by atoms with E-state index in [2.05, 4.69) is 24.1 Å². The second kappa shape index (κ2) is 7.93. The number of carbonyl (C=O) groups excluding carboxylic acids is 1. The molecule has 0 radical (unpaired) electrons. The van der Waals surface area contributed by atoms with Gasteiger partial charge in [0.2, 0.25) is 5.91 Å². The van der Waals surface area contributed by atoms with Crippen LogP contribution >= 0.6 is 0 Å². The fourth-order valence-corrected chi connectivity index (χ4v) is 5.84. The molecule has 2 unspecified atom stereocenters. The fourth-order valence-electron chi connectivity index (χ4n) is 5.84. The van der Waals surface area contributed by atoms with Gasteiger partial charge in [-0.1, -0.05) is 26.0 Å². The van der Waals surface area contributed by atoms with Gasteiger partial charge >= 0.3 is 6.18 Å². The summed E-state index contributed by atoms with van der Waals surface area (Å²) in [6, 6.07) is 6.55. The van der Waals surface area contributed by atoms with Crippen LogP contribution in [0, 0.1) is 17.8 Å². The Labute approximate surface area is 171 Å². The predicted octanol–water partition coefficient (Wildman–Crippen LogP) is 5.00. The smallest absolute Gasteiger partial charge is 0.336 e. The molecule has 1 amide bonds. The van der Waals surface area contributed by atoms with E-state index in [0.29, 0.717) is 54.8 Å². The quantitative estimate of drug-likeness (QED) is 0.761. The molecule has 2 heterocycles. The maximum absolute atomic E-state index is 12.8. The Morgan fingerprint density at radius 2 is 1.83 bits per heavy atom. The Balaban J connectivity index is 1.44. The van der Waals surface area contributed by atoms with Gasteiger partial charge in [0.15, 0.2) is 0 Å².